The van der Waals surface area contributed by atoms with Gasteiger partial charge in [0.2, 0.25) is 17.6 Å². The Labute approximate surface area is 160 Å². The third-order valence-electron chi connectivity index (χ3n) is 4.75. The lowest BCUT2D eigenvalue weighted by molar-refractivity contribution is -0.122. The van der Waals surface area contributed by atoms with Gasteiger partial charge in [-0.2, -0.15) is 4.98 Å². The first kappa shape index (κ1) is 20.4. The molecule has 1 fully saturated rings. The van der Waals surface area contributed by atoms with E-state index in [0.717, 1.165) is 37.9 Å². The summed E-state index contributed by atoms with van der Waals surface area (Å²) >= 11 is 0. The highest BCUT2D eigenvalue weighted by molar-refractivity contribution is 5.85. The van der Waals surface area contributed by atoms with E-state index in [1.165, 1.54) is 5.56 Å². The SMILES string of the molecule is CCc1ccc(-c2noc(C(C)NC(=O)CCC3CCNC3)n2)cc1.Cl. The third kappa shape index (κ3) is 5.29. The number of aromatic nitrogens is 2. The minimum atomic E-state index is -0.287. The molecule has 0 bridgehead atoms. The molecule has 1 aromatic carbocycles. The van der Waals surface area contributed by atoms with Crippen LogP contribution in [0.25, 0.3) is 11.4 Å². The topological polar surface area (TPSA) is 80.0 Å². The van der Waals surface area contributed by atoms with Crippen LogP contribution >= 0.6 is 12.4 Å². The molecule has 2 aromatic rings. The van der Waals surface area contributed by atoms with E-state index in [0.29, 0.717) is 24.1 Å². The van der Waals surface area contributed by atoms with Gasteiger partial charge in [-0.15, -0.1) is 12.4 Å². The summed E-state index contributed by atoms with van der Waals surface area (Å²) in [5.74, 6) is 1.63. The van der Waals surface area contributed by atoms with Gasteiger partial charge in [-0.05, 0) is 50.8 Å². The summed E-state index contributed by atoms with van der Waals surface area (Å²) in [7, 11) is 0. The quantitative estimate of drug-likeness (QED) is 0.772. The second-order valence-corrected chi connectivity index (χ2v) is 6.69. The van der Waals surface area contributed by atoms with Crippen LogP contribution in [0.1, 0.15) is 50.6 Å². The number of halogens is 1. The lowest BCUT2D eigenvalue weighted by Crippen LogP contribution is -2.27. The van der Waals surface area contributed by atoms with Crippen molar-refractivity contribution in [2.75, 3.05) is 13.1 Å². The molecule has 0 spiro atoms. The Morgan fingerprint density at radius 3 is 2.81 bits per heavy atom. The molecule has 2 heterocycles. The molecule has 7 heteroatoms. The van der Waals surface area contributed by atoms with Crippen LogP contribution in [-0.4, -0.2) is 29.1 Å². The molecule has 26 heavy (non-hydrogen) atoms. The fraction of sp³-hybridized carbons (Fsp3) is 0.526. The average molecular weight is 379 g/mol. The number of carbonyl (C=O) groups excluding carboxylic acids is 1. The highest BCUT2D eigenvalue weighted by Crippen LogP contribution is 2.20. The van der Waals surface area contributed by atoms with Gasteiger partial charge in [0.25, 0.3) is 0 Å². The number of carbonyl (C=O) groups is 1. The lowest BCUT2D eigenvalue weighted by atomic mass is 10.0. The number of hydrogen-bond acceptors (Lipinski definition) is 5. The average Bonchev–Trinajstić information content (AvgIpc) is 3.32. The molecule has 1 amide bonds. The van der Waals surface area contributed by atoms with E-state index < -0.39 is 0 Å². The predicted molar refractivity (Wildman–Crippen MR) is 103 cm³/mol. The first-order valence-corrected chi connectivity index (χ1v) is 9.08. The highest BCUT2D eigenvalue weighted by atomic mass is 35.5. The fourth-order valence-corrected chi connectivity index (χ4v) is 3.09. The minimum absolute atomic E-state index is 0. The molecule has 1 aromatic heterocycles. The van der Waals surface area contributed by atoms with Crippen LogP contribution in [-0.2, 0) is 11.2 Å². The van der Waals surface area contributed by atoms with Crippen molar-refractivity contribution in [3.63, 3.8) is 0 Å². The lowest BCUT2D eigenvalue weighted by Gasteiger charge is -2.11. The number of benzene rings is 1. The maximum Gasteiger partial charge on any atom is 0.249 e. The molecule has 2 N–H and O–H groups in total. The van der Waals surface area contributed by atoms with Crippen molar-refractivity contribution in [2.24, 2.45) is 5.92 Å². The van der Waals surface area contributed by atoms with Crippen LogP contribution in [0.15, 0.2) is 28.8 Å². The molecule has 1 saturated heterocycles. The van der Waals surface area contributed by atoms with Crippen molar-refractivity contribution in [1.82, 2.24) is 20.8 Å². The van der Waals surface area contributed by atoms with Gasteiger partial charge in [-0.25, -0.2) is 0 Å². The van der Waals surface area contributed by atoms with Crippen molar-refractivity contribution in [3.8, 4) is 11.4 Å². The van der Waals surface area contributed by atoms with Crippen LogP contribution < -0.4 is 10.6 Å². The van der Waals surface area contributed by atoms with E-state index >= 15 is 0 Å². The molecular formula is C19H27ClN4O2. The summed E-state index contributed by atoms with van der Waals surface area (Å²) < 4.78 is 5.33. The Morgan fingerprint density at radius 1 is 1.38 bits per heavy atom. The minimum Gasteiger partial charge on any atom is -0.345 e. The first-order chi connectivity index (χ1) is 12.2. The maximum atomic E-state index is 12.1. The molecule has 0 radical (unpaired) electrons. The molecular weight excluding hydrogens is 352 g/mol. The van der Waals surface area contributed by atoms with Gasteiger partial charge in [0.05, 0.1) is 0 Å². The van der Waals surface area contributed by atoms with Gasteiger partial charge in [-0.3, -0.25) is 4.79 Å². The van der Waals surface area contributed by atoms with E-state index in [9.17, 15) is 4.79 Å². The van der Waals surface area contributed by atoms with Crippen molar-refractivity contribution >= 4 is 18.3 Å². The predicted octanol–water partition coefficient (Wildman–Crippen LogP) is 3.29. The fourth-order valence-electron chi connectivity index (χ4n) is 3.09. The number of nitrogens with zero attached hydrogens (tertiary/aromatic N) is 2. The summed E-state index contributed by atoms with van der Waals surface area (Å²) in [5, 5.41) is 10.3. The van der Waals surface area contributed by atoms with Gasteiger partial charge >= 0.3 is 0 Å². The van der Waals surface area contributed by atoms with E-state index in [1.807, 2.05) is 19.1 Å². The first-order valence-electron chi connectivity index (χ1n) is 9.08. The second-order valence-electron chi connectivity index (χ2n) is 6.69. The Hall–Kier alpha value is -1.92. The Bertz CT molecular complexity index is 696. The molecule has 6 nitrogen and oxygen atoms in total. The Kier molecular flexibility index (Phi) is 7.60. The van der Waals surface area contributed by atoms with Crippen molar-refractivity contribution in [1.29, 1.82) is 0 Å². The number of nitrogens with one attached hydrogen (secondary N) is 2. The van der Waals surface area contributed by atoms with E-state index in [4.69, 9.17) is 4.52 Å². The maximum absolute atomic E-state index is 12.1. The normalized spacial score (nSPS) is 17.5. The summed E-state index contributed by atoms with van der Waals surface area (Å²) in [4.78, 5) is 16.5. The van der Waals surface area contributed by atoms with Crippen LogP contribution in [0.4, 0.5) is 0 Å². The summed E-state index contributed by atoms with van der Waals surface area (Å²) in [6.45, 7) is 6.07. The second kappa shape index (κ2) is 9.69. The zero-order valence-electron chi connectivity index (χ0n) is 15.3. The van der Waals surface area contributed by atoms with Crippen LogP contribution in [0, 0.1) is 5.92 Å². The zero-order valence-corrected chi connectivity index (χ0v) is 16.1. The van der Waals surface area contributed by atoms with Crippen LogP contribution in [0.3, 0.4) is 0 Å². The Morgan fingerprint density at radius 2 is 2.15 bits per heavy atom. The third-order valence-corrected chi connectivity index (χ3v) is 4.75. The van der Waals surface area contributed by atoms with Crippen molar-refractivity contribution < 1.29 is 9.32 Å². The largest absolute Gasteiger partial charge is 0.345 e. The highest BCUT2D eigenvalue weighted by Gasteiger charge is 2.19. The summed E-state index contributed by atoms with van der Waals surface area (Å²) in [6, 6.07) is 7.83. The monoisotopic (exact) mass is 378 g/mol. The number of amides is 1. The Balaban J connectivity index is 0.00000243. The van der Waals surface area contributed by atoms with Crippen molar-refractivity contribution in [2.45, 2.75) is 45.6 Å². The molecule has 0 aliphatic carbocycles. The van der Waals surface area contributed by atoms with Gasteiger partial charge in [-0.1, -0.05) is 36.3 Å². The van der Waals surface area contributed by atoms with Gasteiger partial charge in [0, 0.05) is 12.0 Å². The van der Waals surface area contributed by atoms with Gasteiger partial charge in [0.15, 0.2) is 0 Å². The van der Waals surface area contributed by atoms with E-state index in [1.54, 1.807) is 0 Å². The number of aryl methyl sites for hydroxylation is 1. The standard InChI is InChI=1S/C19H26N4O2.ClH/c1-3-14-4-7-16(8-5-14)18-22-19(25-23-18)13(2)21-17(24)9-6-15-10-11-20-12-15;/h4-5,7-8,13,15,20H,3,6,9-12H2,1-2H3,(H,21,24);1H. The smallest absolute Gasteiger partial charge is 0.249 e. The van der Waals surface area contributed by atoms with Gasteiger partial charge < -0.3 is 15.2 Å². The van der Waals surface area contributed by atoms with E-state index in [-0.39, 0.29) is 24.4 Å². The molecule has 2 unspecified atom stereocenters. The number of rotatable bonds is 7. The van der Waals surface area contributed by atoms with Gasteiger partial charge in [0.1, 0.15) is 6.04 Å². The molecule has 1 aliphatic rings. The molecule has 3 rings (SSSR count). The number of hydrogen-bond donors (Lipinski definition) is 2. The molecule has 1 aliphatic heterocycles. The molecule has 142 valence electrons. The summed E-state index contributed by atoms with van der Waals surface area (Å²) in [5.41, 5.74) is 2.19. The van der Waals surface area contributed by atoms with Crippen molar-refractivity contribution in [3.05, 3.63) is 35.7 Å². The zero-order chi connectivity index (χ0) is 17.6. The summed E-state index contributed by atoms with van der Waals surface area (Å²) in [6.07, 6.45) is 3.62. The van der Waals surface area contributed by atoms with Crippen LogP contribution in [0.2, 0.25) is 0 Å². The van der Waals surface area contributed by atoms with E-state index in [2.05, 4.69) is 39.8 Å². The molecule has 0 saturated carbocycles. The molecule has 2 atom stereocenters. The van der Waals surface area contributed by atoms with Crippen LogP contribution in [0.5, 0.6) is 0 Å².